The van der Waals surface area contributed by atoms with Crippen LogP contribution in [0.4, 0.5) is 0 Å². The largest absolute Gasteiger partial charge is 0.481 e. The van der Waals surface area contributed by atoms with E-state index in [0.29, 0.717) is 41.7 Å². The Morgan fingerprint density at radius 2 is 1.93 bits per heavy atom. The molecule has 1 aromatic carbocycles. The van der Waals surface area contributed by atoms with Gasteiger partial charge in [-0.2, -0.15) is 0 Å². The van der Waals surface area contributed by atoms with Crippen LogP contribution < -0.4 is 4.72 Å². The maximum atomic E-state index is 12.4. The molecule has 5 nitrogen and oxygen atoms in total. The van der Waals surface area contributed by atoms with Crippen molar-refractivity contribution in [2.24, 2.45) is 23.7 Å². The van der Waals surface area contributed by atoms with Crippen molar-refractivity contribution in [3.05, 3.63) is 52.4 Å². The van der Waals surface area contributed by atoms with E-state index in [2.05, 4.69) is 16.9 Å². The number of sulfonamides is 1. The lowest BCUT2D eigenvalue weighted by Crippen LogP contribution is -2.34. The van der Waals surface area contributed by atoms with Gasteiger partial charge in [-0.1, -0.05) is 35.9 Å². The lowest BCUT2D eigenvalue weighted by atomic mass is 9.79. The summed E-state index contributed by atoms with van der Waals surface area (Å²) in [4.78, 5) is 10.6. The monoisotopic (exact) mass is 437 g/mol. The van der Waals surface area contributed by atoms with Crippen LogP contribution in [0.1, 0.15) is 44.1 Å². The van der Waals surface area contributed by atoms with Gasteiger partial charge in [0.15, 0.2) is 0 Å². The smallest absolute Gasteiger partial charge is 0.303 e. The summed E-state index contributed by atoms with van der Waals surface area (Å²) in [6.07, 6.45) is 11.0. The Morgan fingerprint density at radius 3 is 2.66 bits per heavy atom. The minimum Gasteiger partial charge on any atom is -0.481 e. The second kappa shape index (κ2) is 9.92. The molecule has 2 aliphatic carbocycles. The van der Waals surface area contributed by atoms with Crippen molar-refractivity contribution in [3.63, 3.8) is 0 Å². The van der Waals surface area contributed by atoms with E-state index in [9.17, 15) is 13.2 Å². The average molecular weight is 438 g/mol. The number of fused-ring (bicyclic) bond motifs is 2. The number of hydrogen-bond acceptors (Lipinski definition) is 3. The van der Waals surface area contributed by atoms with Crippen LogP contribution in [-0.2, 0) is 14.8 Å². The molecule has 0 spiro atoms. The van der Waals surface area contributed by atoms with Crippen LogP contribution in [-0.4, -0.2) is 26.0 Å². The number of benzene rings is 1. The van der Waals surface area contributed by atoms with E-state index in [-0.39, 0.29) is 6.42 Å². The molecule has 2 bridgehead atoms. The van der Waals surface area contributed by atoms with Gasteiger partial charge in [0.25, 0.3) is 0 Å². The van der Waals surface area contributed by atoms with Crippen LogP contribution in [0.2, 0.25) is 5.02 Å². The van der Waals surface area contributed by atoms with E-state index in [0.717, 1.165) is 18.4 Å². The standard InChI is InChI=1S/C22H28ClNO4S/c23-19-10-6-16(7-11-19)12-13-29(27,28)24-15-21-18-9-8-17(14-18)20(21)4-2-1-3-5-22(25)26/h2,4,6-7,10-13,17-18,20-21,24H,1,3,5,8-9,14-15H2,(H,25,26). The molecule has 7 heteroatoms. The van der Waals surface area contributed by atoms with E-state index in [1.807, 2.05) is 0 Å². The number of carboxylic acid groups (broad SMARTS) is 1. The molecule has 2 N–H and O–H groups in total. The Kier molecular flexibility index (Phi) is 7.55. The third-order valence-corrected chi connectivity index (χ3v) is 7.42. The molecule has 0 amide bonds. The van der Waals surface area contributed by atoms with E-state index < -0.39 is 16.0 Å². The molecule has 0 aliphatic heterocycles. The SMILES string of the molecule is O=C(O)CCCC=CC1C2CCC(C2)C1CNS(=O)(=O)C=Cc1ccc(Cl)cc1. The summed E-state index contributed by atoms with van der Waals surface area (Å²) in [5, 5.41) is 10.5. The topological polar surface area (TPSA) is 83.5 Å². The molecule has 2 aliphatic rings. The number of unbranched alkanes of at least 4 members (excludes halogenated alkanes) is 1. The van der Waals surface area contributed by atoms with Gasteiger partial charge in [0.1, 0.15) is 0 Å². The van der Waals surface area contributed by atoms with Crippen molar-refractivity contribution < 1.29 is 18.3 Å². The van der Waals surface area contributed by atoms with Gasteiger partial charge < -0.3 is 5.11 Å². The fraction of sp³-hybridized carbons (Fsp3) is 0.500. The molecular weight excluding hydrogens is 410 g/mol. The van der Waals surface area contributed by atoms with E-state index >= 15 is 0 Å². The summed E-state index contributed by atoms with van der Waals surface area (Å²) in [5.74, 6) is 1.11. The maximum Gasteiger partial charge on any atom is 0.303 e. The van der Waals surface area contributed by atoms with Gasteiger partial charge >= 0.3 is 5.97 Å². The highest BCUT2D eigenvalue weighted by Crippen LogP contribution is 2.52. The zero-order chi connectivity index (χ0) is 20.9. The van der Waals surface area contributed by atoms with Crippen LogP contribution in [0.25, 0.3) is 6.08 Å². The number of halogens is 1. The summed E-state index contributed by atoms with van der Waals surface area (Å²) in [6, 6.07) is 7.00. The summed E-state index contributed by atoms with van der Waals surface area (Å²) in [6.45, 7) is 0.443. The fourth-order valence-corrected chi connectivity index (χ4v) is 5.67. The molecular formula is C22H28ClNO4S. The predicted molar refractivity (Wildman–Crippen MR) is 116 cm³/mol. The zero-order valence-corrected chi connectivity index (χ0v) is 17.9. The average Bonchev–Trinajstić information content (AvgIpc) is 3.27. The number of hydrogen-bond donors (Lipinski definition) is 2. The van der Waals surface area contributed by atoms with Gasteiger partial charge in [-0.05, 0) is 79.5 Å². The third kappa shape index (κ3) is 6.43. The Bertz CT molecular complexity index is 863. The molecule has 2 fully saturated rings. The number of carboxylic acids is 1. The Hall–Kier alpha value is -1.63. The van der Waals surface area contributed by atoms with Crippen molar-refractivity contribution in [2.75, 3.05) is 6.54 Å². The molecule has 29 heavy (non-hydrogen) atoms. The minimum absolute atomic E-state index is 0.185. The highest BCUT2D eigenvalue weighted by molar-refractivity contribution is 7.92. The van der Waals surface area contributed by atoms with Crippen molar-refractivity contribution >= 4 is 33.7 Å². The van der Waals surface area contributed by atoms with Crippen molar-refractivity contribution in [3.8, 4) is 0 Å². The van der Waals surface area contributed by atoms with Gasteiger partial charge in [0, 0.05) is 23.4 Å². The summed E-state index contributed by atoms with van der Waals surface area (Å²) in [7, 11) is -3.51. The third-order valence-electron chi connectivity index (χ3n) is 6.11. The van der Waals surface area contributed by atoms with Crippen LogP contribution >= 0.6 is 11.6 Å². The number of aliphatic carboxylic acids is 1. The molecule has 4 unspecified atom stereocenters. The normalized spacial score (nSPS) is 26.7. The van der Waals surface area contributed by atoms with Crippen LogP contribution in [0.15, 0.2) is 41.8 Å². The van der Waals surface area contributed by atoms with Crippen molar-refractivity contribution in [1.29, 1.82) is 0 Å². The second-order valence-electron chi connectivity index (χ2n) is 8.04. The lowest BCUT2D eigenvalue weighted by molar-refractivity contribution is -0.137. The highest BCUT2D eigenvalue weighted by Gasteiger charge is 2.46. The Balaban J connectivity index is 1.55. The predicted octanol–water partition coefficient (Wildman–Crippen LogP) is 4.70. The highest BCUT2D eigenvalue weighted by atomic mass is 35.5. The number of nitrogens with one attached hydrogen (secondary N) is 1. The maximum absolute atomic E-state index is 12.4. The van der Waals surface area contributed by atoms with Crippen LogP contribution in [0, 0.1) is 23.7 Å². The summed E-state index contributed by atoms with van der Waals surface area (Å²) < 4.78 is 27.6. The van der Waals surface area contributed by atoms with E-state index in [1.54, 1.807) is 30.3 Å². The minimum atomic E-state index is -3.51. The summed E-state index contributed by atoms with van der Waals surface area (Å²) >= 11 is 5.85. The molecule has 0 saturated heterocycles. The first-order chi connectivity index (χ1) is 13.8. The quantitative estimate of drug-likeness (QED) is 0.410. The van der Waals surface area contributed by atoms with Gasteiger partial charge in [-0.3, -0.25) is 4.79 Å². The molecule has 0 aromatic heterocycles. The van der Waals surface area contributed by atoms with E-state index in [4.69, 9.17) is 16.7 Å². The molecule has 158 valence electrons. The zero-order valence-electron chi connectivity index (χ0n) is 16.3. The molecule has 1 aromatic rings. The van der Waals surface area contributed by atoms with Crippen molar-refractivity contribution in [1.82, 2.24) is 4.72 Å². The van der Waals surface area contributed by atoms with Crippen LogP contribution in [0.3, 0.4) is 0 Å². The van der Waals surface area contributed by atoms with E-state index in [1.165, 1.54) is 18.2 Å². The van der Waals surface area contributed by atoms with Crippen molar-refractivity contribution in [2.45, 2.75) is 38.5 Å². The second-order valence-corrected chi connectivity index (χ2v) is 10.1. The fourth-order valence-electron chi connectivity index (χ4n) is 4.68. The Labute approximate surface area is 177 Å². The number of carbonyl (C=O) groups is 1. The van der Waals surface area contributed by atoms with Gasteiger partial charge in [-0.15, -0.1) is 0 Å². The van der Waals surface area contributed by atoms with Gasteiger partial charge in [0.05, 0.1) is 0 Å². The van der Waals surface area contributed by atoms with Crippen LogP contribution in [0.5, 0.6) is 0 Å². The molecule has 2 saturated carbocycles. The first-order valence-electron chi connectivity index (χ1n) is 10.2. The first kappa shape index (κ1) is 22.1. The van der Waals surface area contributed by atoms with Gasteiger partial charge in [0.2, 0.25) is 10.0 Å². The van der Waals surface area contributed by atoms with Gasteiger partial charge in [-0.25, -0.2) is 13.1 Å². The summed E-state index contributed by atoms with van der Waals surface area (Å²) in [5.41, 5.74) is 0.780. The number of allylic oxidation sites excluding steroid dienone is 2. The molecule has 3 rings (SSSR count). The lowest BCUT2D eigenvalue weighted by Gasteiger charge is -2.29. The molecule has 4 atom stereocenters. The number of rotatable bonds is 10. The molecule has 0 radical (unpaired) electrons. The first-order valence-corrected chi connectivity index (χ1v) is 12.1. The Morgan fingerprint density at radius 1 is 1.21 bits per heavy atom. The molecule has 0 heterocycles.